The summed E-state index contributed by atoms with van der Waals surface area (Å²) in [5.74, 6) is -2.34. The number of rotatable bonds is 6. The van der Waals surface area contributed by atoms with Gasteiger partial charge in [0, 0.05) is 6.07 Å². The molecule has 7 nitrogen and oxygen atoms in total. The van der Waals surface area contributed by atoms with E-state index in [0.717, 1.165) is 18.2 Å². The maximum Gasteiger partial charge on any atom is 0.586 e. The number of sulfonamides is 1. The Balaban J connectivity index is 2.24. The van der Waals surface area contributed by atoms with Gasteiger partial charge in [-0.15, -0.1) is 8.78 Å². The van der Waals surface area contributed by atoms with E-state index in [-0.39, 0.29) is 6.61 Å². The molecule has 0 spiro atoms. The van der Waals surface area contributed by atoms with E-state index in [4.69, 9.17) is 0 Å². The molecule has 146 valence electrons. The molecule has 26 heavy (non-hydrogen) atoms. The molecule has 0 unspecified atom stereocenters. The van der Waals surface area contributed by atoms with Gasteiger partial charge in [0.1, 0.15) is 0 Å². The molecule has 13 heteroatoms. The maximum absolute atomic E-state index is 13.1. The van der Waals surface area contributed by atoms with Crippen LogP contribution in [0.4, 0.5) is 27.6 Å². The van der Waals surface area contributed by atoms with Crippen LogP contribution in [0.5, 0.6) is 11.5 Å². The van der Waals surface area contributed by atoms with Gasteiger partial charge >= 0.3 is 18.4 Å². The van der Waals surface area contributed by atoms with E-state index in [1.807, 2.05) is 0 Å². The van der Waals surface area contributed by atoms with Crippen molar-refractivity contribution in [3.05, 3.63) is 18.2 Å². The Morgan fingerprint density at radius 1 is 1.27 bits per heavy atom. The fourth-order valence-corrected chi connectivity index (χ4v) is 3.33. The van der Waals surface area contributed by atoms with Gasteiger partial charge in [0.25, 0.3) is 0 Å². The summed E-state index contributed by atoms with van der Waals surface area (Å²) >= 11 is 0. The quantitative estimate of drug-likeness (QED) is 0.578. The summed E-state index contributed by atoms with van der Waals surface area (Å²) in [6.45, 7) is 1.11. The zero-order valence-electron chi connectivity index (χ0n) is 13.0. The van der Waals surface area contributed by atoms with Gasteiger partial charge in [-0.1, -0.05) is 0 Å². The highest BCUT2D eigenvalue weighted by atomic mass is 32.2. The number of alkyl halides is 5. The third-order valence-corrected chi connectivity index (χ3v) is 4.76. The minimum absolute atomic E-state index is 0.229. The predicted molar refractivity (Wildman–Crippen MR) is 76.3 cm³/mol. The Labute approximate surface area is 144 Å². The van der Waals surface area contributed by atoms with Crippen LogP contribution in [0.1, 0.15) is 13.3 Å². The average Bonchev–Trinajstić information content (AvgIpc) is 2.76. The molecule has 1 aromatic carbocycles. The Hall–Kier alpha value is -2.31. The lowest BCUT2D eigenvalue weighted by Crippen LogP contribution is -2.42. The number of hydrogen-bond donors (Lipinski definition) is 1. The number of halogens is 5. The van der Waals surface area contributed by atoms with E-state index in [9.17, 15) is 35.2 Å². The maximum atomic E-state index is 13.1. The van der Waals surface area contributed by atoms with Crippen LogP contribution in [0.3, 0.4) is 0 Å². The number of esters is 1. The Bertz CT molecular complexity index is 795. The van der Waals surface area contributed by atoms with E-state index >= 15 is 0 Å². The number of nitrogens with one attached hydrogen (secondary N) is 1. The van der Waals surface area contributed by atoms with Crippen LogP contribution in [-0.2, 0) is 19.6 Å². The van der Waals surface area contributed by atoms with Gasteiger partial charge in [-0.25, -0.2) is 8.42 Å². The van der Waals surface area contributed by atoms with Gasteiger partial charge < -0.3 is 14.2 Å². The Kier molecular flexibility index (Phi) is 5.21. The van der Waals surface area contributed by atoms with Crippen LogP contribution in [0.25, 0.3) is 0 Å². The first-order valence-electron chi connectivity index (χ1n) is 6.98. The molecule has 1 aromatic rings. The summed E-state index contributed by atoms with van der Waals surface area (Å²) in [6, 6.07) is 2.52. The number of anilines is 1. The van der Waals surface area contributed by atoms with Gasteiger partial charge in [-0.3, -0.25) is 9.52 Å². The summed E-state index contributed by atoms with van der Waals surface area (Å²) < 4.78 is 103. The standard InChI is InChI=1S/C13H12F5NO6S/c1-2-23-11(20)6-10(12(14,15)16)26(21,22)19-7-3-4-8-9(5-7)25-13(17,18)24-8/h3-5,10,19H,2,6H2,1H3/t10-/m1/s1. The molecule has 1 aliphatic heterocycles. The smallest absolute Gasteiger partial charge is 0.466 e. The van der Waals surface area contributed by atoms with Gasteiger partial charge in [0.05, 0.1) is 18.7 Å². The van der Waals surface area contributed by atoms with Crippen LogP contribution >= 0.6 is 0 Å². The van der Waals surface area contributed by atoms with Gasteiger partial charge in [-0.2, -0.15) is 13.2 Å². The highest BCUT2D eigenvalue weighted by molar-refractivity contribution is 7.93. The lowest BCUT2D eigenvalue weighted by molar-refractivity contribution is -0.286. The molecule has 1 atom stereocenters. The van der Waals surface area contributed by atoms with Crippen molar-refractivity contribution in [1.82, 2.24) is 0 Å². The zero-order valence-corrected chi connectivity index (χ0v) is 13.8. The minimum atomic E-state index is -5.28. The number of hydrogen-bond acceptors (Lipinski definition) is 6. The van der Waals surface area contributed by atoms with Crippen molar-refractivity contribution in [2.45, 2.75) is 31.1 Å². The van der Waals surface area contributed by atoms with Crippen molar-refractivity contribution in [3.63, 3.8) is 0 Å². The lowest BCUT2D eigenvalue weighted by Gasteiger charge is -2.20. The van der Waals surface area contributed by atoms with Crippen molar-refractivity contribution >= 4 is 21.7 Å². The molecule has 0 saturated carbocycles. The summed E-state index contributed by atoms with van der Waals surface area (Å²) in [4.78, 5) is 11.3. The second-order valence-electron chi connectivity index (χ2n) is 5.02. The molecular formula is C13H12F5NO6S. The highest BCUT2D eigenvalue weighted by Gasteiger charge is 2.50. The second kappa shape index (κ2) is 6.78. The zero-order chi connectivity index (χ0) is 19.8. The van der Waals surface area contributed by atoms with Gasteiger partial charge in [-0.05, 0) is 19.1 Å². The Morgan fingerprint density at radius 3 is 2.46 bits per heavy atom. The minimum Gasteiger partial charge on any atom is -0.466 e. The largest absolute Gasteiger partial charge is 0.586 e. The van der Waals surface area contributed by atoms with Gasteiger partial charge in [0.15, 0.2) is 16.7 Å². The van der Waals surface area contributed by atoms with Crippen LogP contribution in [0, 0.1) is 0 Å². The first kappa shape index (κ1) is 20.0. The summed E-state index contributed by atoms with van der Waals surface area (Å²) in [7, 11) is -5.15. The lowest BCUT2D eigenvalue weighted by atomic mass is 10.3. The molecule has 0 amide bonds. The molecule has 1 N–H and O–H groups in total. The second-order valence-corrected chi connectivity index (χ2v) is 6.88. The fourth-order valence-electron chi connectivity index (χ4n) is 2.02. The molecule has 0 aliphatic carbocycles. The number of benzene rings is 1. The van der Waals surface area contributed by atoms with Crippen molar-refractivity contribution in [3.8, 4) is 11.5 Å². The number of fused-ring (bicyclic) bond motifs is 1. The normalized spacial score (nSPS) is 16.8. The molecule has 1 heterocycles. The molecule has 2 rings (SSSR count). The van der Waals surface area contributed by atoms with Crippen LogP contribution in [0.15, 0.2) is 18.2 Å². The monoisotopic (exact) mass is 405 g/mol. The molecule has 0 saturated heterocycles. The van der Waals surface area contributed by atoms with E-state index in [0.29, 0.717) is 0 Å². The molecule has 0 aromatic heterocycles. The molecule has 0 radical (unpaired) electrons. The summed E-state index contributed by atoms with van der Waals surface area (Å²) in [5.41, 5.74) is -0.483. The van der Waals surface area contributed by atoms with Crippen molar-refractivity contribution in [2.24, 2.45) is 0 Å². The third kappa shape index (κ3) is 4.65. The van der Waals surface area contributed by atoms with Crippen LogP contribution < -0.4 is 14.2 Å². The van der Waals surface area contributed by atoms with E-state index in [2.05, 4.69) is 14.2 Å². The first-order chi connectivity index (χ1) is 11.8. The highest BCUT2D eigenvalue weighted by Crippen LogP contribution is 2.42. The summed E-state index contributed by atoms with van der Waals surface area (Å²) in [5, 5.41) is -3.10. The molecule has 0 fully saturated rings. The predicted octanol–water partition coefficient (Wildman–Crippen LogP) is 2.63. The van der Waals surface area contributed by atoms with Crippen LogP contribution in [-0.4, -0.2) is 38.7 Å². The van der Waals surface area contributed by atoms with Gasteiger partial charge in [0.2, 0.25) is 10.0 Å². The van der Waals surface area contributed by atoms with E-state index in [1.165, 1.54) is 6.92 Å². The number of carbonyl (C=O) groups is 1. The first-order valence-corrected chi connectivity index (χ1v) is 8.52. The molecule has 0 bridgehead atoms. The van der Waals surface area contributed by atoms with E-state index in [1.54, 1.807) is 4.72 Å². The third-order valence-electron chi connectivity index (χ3n) is 3.06. The fraction of sp³-hybridized carbons (Fsp3) is 0.462. The number of carbonyl (C=O) groups excluding carboxylic acids is 1. The van der Waals surface area contributed by atoms with Crippen molar-refractivity contribution in [2.75, 3.05) is 11.3 Å². The van der Waals surface area contributed by atoms with Crippen LogP contribution in [0.2, 0.25) is 0 Å². The Morgan fingerprint density at radius 2 is 1.88 bits per heavy atom. The van der Waals surface area contributed by atoms with E-state index < -0.39 is 57.3 Å². The number of ether oxygens (including phenoxy) is 3. The molecule has 1 aliphatic rings. The SMILES string of the molecule is CCOC(=O)C[C@H](C(F)(F)F)S(=O)(=O)Nc1ccc2c(c1)OC(F)(F)O2. The van der Waals surface area contributed by atoms with Crippen molar-refractivity contribution < 1.29 is 49.4 Å². The summed E-state index contributed by atoms with van der Waals surface area (Å²) in [6.07, 6.45) is -10.7. The average molecular weight is 405 g/mol. The molecular weight excluding hydrogens is 393 g/mol. The topological polar surface area (TPSA) is 90.9 Å². The van der Waals surface area contributed by atoms with Crippen molar-refractivity contribution in [1.29, 1.82) is 0 Å².